The molecule has 3 aromatic rings. The fourth-order valence-electron chi connectivity index (χ4n) is 3.91. The van der Waals surface area contributed by atoms with Crippen LogP contribution in [0.2, 0.25) is 0 Å². The number of thioether (sulfide) groups is 1. The van der Waals surface area contributed by atoms with Gasteiger partial charge in [-0.15, -0.1) is 0 Å². The smallest absolute Gasteiger partial charge is 0.160 e. The molecule has 0 N–H and O–H groups in total. The Balaban J connectivity index is 1.60. The van der Waals surface area contributed by atoms with Gasteiger partial charge in [-0.3, -0.25) is 9.98 Å². The molecule has 6 heteroatoms. The van der Waals surface area contributed by atoms with E-state index >= 15 is 0 Å². The van der Waals surface area contributed by atoms with Crippen LogP contribution >= 0.6 is 27.7 Å². The van der Waals surface area contributed by atoms with Crippen LogP contribution in [0.1, 0.15) is 30.4 Å². The SMILES string of the molecule is C[C@H]1CN2C(=N[C@@H](c3ccccn3)[C@@H]2c2cccn2-c2ccc(Br)cc2)S1. The van der Waals surface area contributed by atoms with E-state index in [-0.39, 0.29) is 12.1 Å². The molecule has 0 unspecified atom stereocenters. The Kier molecular flexibility index (Phi) is 4.32. The molecular weight excluding hydrogens is 420 g/mol. The van der Waals surface area contributed by atoms with E-state index in [4.69, 9.17) is 4.99 Å². The zero-order valence-electron chi connectivity index (χ0n) is 14.9. The van der Waals surface area contributed by atoms with Crippen molar-refractivity contribution in [3.63, 3.8) is 0 Å². The molecule has 2 aliphatic rings. The number of hydrogen-bond acceptors (Lipinski definition) is 4. The van der Waals surface area contributed by atoms with Gasteiger partial charge < -0.3 is 9.47 Å². The molecule has 0 bridgehead atoms. The first kappa shape index (κ1) is 17.1. The number of aromatic nitrogens is 2. The molecule has 1 saturated heterocycles. The van der Waals surface area contributed by atoms with Gasteiger partial charge in [-0.25, -0.2) is 0 Å². The molecule has 4 heterocycles. The van der Waals surface area contributed by atoms with Crippen molar-refractivity contribution < 1.29 is 0 Å². The quantitative estimate of drug-likeness (QED) is 0.561. The third-order valence-corrected chi connectivity index (χ3v) is 6.70. The first-order valence-electron chi connectivity index (χ1n) is 9.06. The Bertz CT molecular complexity index is 983. The maximum atomic E-state index is 5.08. The third-order valence-electron chi connectivity index (χ3n) is 5.07. The molecule has 0 radical (unpaired) electrons. The minimum Gasteiger partial charge on any atom is -0.339 e. The molecule has 2 aliphatic heterocycles. The highest BCUT2D eigenvalue weighted by atomic mass is 79.9. The number of amidine groups is 1. The van der Waals surface area contributed by atoms with Gasteiger partial charge in [0.25, 0.3) is 0 Å². The average molecular weight is 439 g/mol. The summed E-state index contributed by atoms with van der Waals surface area (Å²) in [6.07, 6.45) is 4.00. The van der Waals surface area contributed by atoms with Gasteiger partial charge in [-0.1, -0.05) is 40.7 Å². The molecule has 0 aliphatic carbocycles. The topological polar surface area (TPSA) is 33.4 Å². The number of pyridine rings is 1. The molecule has 5 rings (SSSR count). The van der Waals surface area contributed by atoms with Crippen molar-refractivity contribution in [2.45, 2.75) is 24.3 Å². The van der Waals surface area contributed by atoms with E-state index < -0.39 is 0 Å². The van der Waals surface area contributed by atoms with E-state index in [2.05, 4.69) is 86.0 Å². The van der Waals surface area contributed by atoms with Crippen LogP contribution in [-0.2, 0) is 0 Å². The standard InChI is InChI=1S/C21H19BrN4S/c1-14-13-26-20(19(24-21(26)27-14)17-5-2-3-11-23-17)18-6-4-12-25(18)16-9-7-15(22)8-10-16/h2-12,14,19-20H,13H2,1H3/t14-,19-,20-/m0/s1. The van der Waals surface area contributed by atoms with Crippen LogP contribution < -0.4 is 0 Å². The molecule has 3 atom stereocenters. The van der Waals surface area contributed by atoms with Gasteiger partial charge in [0.1, 0.15) is 6.04 Å². The van der Waals surface area contributed by atoms with E-state index in [0.29, 0.717) is 5.25 Å². The number of halogens is 1. The molecule has 4 nitrogen and oxygen atoms in total. The van der Waals surface area contributed by atoms with Gasteiger partial charge in [0.05, 0.1) is 11.7 Å². The third kappa shape index (κ3) is 3.01. The second-order valence-corrected chi connectivity index (χ2v) is 9.24. The van der Waals surface area contributed by atoms with Crippen LogP contribution in [-0.4, -0.2) is 31.4 Å². The highest BCUT2D eigenvalue weighted by Crippen LogP contribution is 2.47. The fourth-order valence-corrected chi connectivity index (χ4v) is 5.27. The maximum absolute atomic E-state index is 5.08. The normalized spacial score (nSPS) is 24.1. The maximum Gasteiger partial charge on any atom is 0.160 e. The first-order valence-corrected chi connectivity index (χ1v) is 10.7. The Morgan fingerprint density at radius 3 is 2.70 bits per heavy atom. The zero-order chi connectivity index (χ0) is 18.4. The van der Waals surface area contributed by atoms with Crippen molar-refractivity contribution in [2.24, 2.45) is 4.99 Å². The van der Waals surface area contributed by atoms with Gasteiger partial charge >= 0.3 is 0 Å². The van der Waals surface area contributed by atoms with Gasteiger partial charge in [0, 0.05) is 40.0 Å². The van der Waals surface area contributed by atoms with Crippen LogP contribution in [0.4, 0.5) is 0 Å². The minimum atomic E-state index is 0.0188. The number of nitrogens with zero attached hydrogens (tertiary/aromatic N) is 4. The van der Waals surface area contributed by atoms with Crippen molar-refractivity contribution in [3.05, 3.63) is 82.9 Å². The Morgan fingerprint density at radius 1 is 1.07 bits per heavy atom. The van der Waals surface area contributed by atoms with E-state index in [0.717, 1.165) is 27.6 Å². The monoisotopic (exact) mass is 438 g/mol. The zero-order valence-corrected chi connectivity index (χ0v) is 17.3. The van der Waals surface area contributed by atoms with Gasteiger partial charge in [-0.05, 0) is 48.5 Å². The van der Waals surface area contributed by atoms with E-state index in [9.17, 15) is 0 Å². The van der Waals surface area contributed by atoms with E-state index in [1.165, 1.54) is 5.69 Å². The van der Waals surface area contributed by atoms with Gasteiger partial charge in [0.2, 0.25) is 0 Å². The second kappa shape index (κ2) is 6.84. The molecule has 0 amide bonds. The summed E-state index contributed by atoms with van der Waals surface area (Å²) in [5, 5.41) is 1.71. The van der Waals surface area contributed by atoms with E-state index in [1.807, 2.05) is 30.1 Å². The van der Waals surface area contributed by atoms with E-state index in [1.54, 1.807) is 0 Å². The van der Waals surface area contributed by atoms with Crippen LogP contribution in [0, 0.1) is 0 Å². The summed E-state index contributed by atoms with van der Waals surface area (Å²) in [6.45, 7) is 3.29. The molecule has 1 aromatic carbocycles. The van der Waals surface area contributed by atoms with Crippen LogP contribution in [0.3, 0.4) is 0 Å². The average Bonchev–Trinajstić information content (AvgIpc) is 3.37. The van der Waals surface area contributed by atoms with Crippen LogP contribution in [0.15, 0.2) is 76.5 Å². The molecule has 27 heavy (non-hydrogen) atoms. The fraction of sp³-hybridized carbons (Fsp3) is 0.238. The highest BCUT2D eigenvalue weighted by Gasteiger charge is 2.44. The van der Waals surface area contributed by atoms with Gasteiger partial charge in [-0.2, -0.15) is 0 Å². The minimum absolute atomic E-state index is 0.0188. The summed E-state index contributed by atoms with van der Waals surface area (Å²) in [5.41, 5.74) is 3.44. The first-order chi connectivity index (χ1) is 13.2. The lowest BCUT2D eigenvalue weighted by Gasteiger charge is -2.28. The largest absolute Gasteiger partial charge is 0.339 e. The predicted octanol–water partition coefficient (Wildman–Crippen LogP) is 5.22. The molecule has 2 aromatic heterocycles. The number of fused-ring (bicyclic) bond motifs is 1. The molecule has 0 spiro atoms. The van der Waals surface area contributed by atoms with Crippen LogP contribution in [0.5, 0.6) is 0 Å². The lowest BCUT2D eigenvalue weighted by atomic mass is 10.0. The number of rotatable bonds is 3. The lowest BCUT2D eigenvalue weighted by molar-refractivity contribution is 0.312. The molecule has 136 valence electrons. The van der Waals surface area contributed by atoms with Crippen molar-refractivity contribution in [3.8, 4) is 5.69 Å². The predicted molar refractivity (Wildman–Crippen MR) is 114 cm³/mol. The van der Waals surface area contributed by atoms with Crippen molar-refractivity contribution in [2.75, 3.05) is 6.54 Å². The number of aliphatic imine (C=N–C) groups is 1. The highest BCUT2D eigenvalue weighted by molar-refractivity contribution is 9.10. The number of benzene rings is 1. The summed E-state index contributed by atoms with van der Waals surface area (Å²) in [4.78, 5) is 12.2. The molecule has 0 saturated carbocycles. The van der Waals surface area contributed by atoms with Crippen molar-refractivity contribution in [1.82, 2.24) is 14.5 Å². The Morgan fingerprint density at radius 2 is 1.93 bits per heavy atom. The second-order valence-electron chi connectivity index (χ2n) is 6.92. The lowest BCUT2D eigenvalue weighted by Crippen LogP contribution is -2.30. The summed E-state index contributed by atoms with van der Waals surface area (Å²) in [6, 6.07) is 19.1. The summed E-state index contributed by atoms with van der Waals surface area (Å²) in [7, 11) is 0. The molecular formula is C21H19BrN4S. The Hall–Kier alpha value is -2.05. The Labute approximate surface area is 171 Å². The molecule has 1 fully saturated rings. The van der Waals surface area contributed by atoms with Crippen molar-refractivity contribution in [1.29, 1.82) is 0 Å². The van der Waals surface area contributed by atoms with Crippen molar-refractivity contribution >= 4 is 32.9 Å². The summed E-state index contributed by atoms with van der Waals surface area (Å²) < 4.78 is 3.36. The summed E-state index contributed by atoms with van der Waals surface area (Å²) >= 11 is 5.40. The van der Waals surface area contributed by atoms with Gasteiger partial charge in [0.15, 0.2) is 5.17 Å². The van der Waals surface area contributed by atoms with Crippen LogP contribution in [0.25, 0.3) is 5.69 Å². The number of hydrogen-bond donors (Lipinski definition) is 0. The summed E-state index contributed by atoms with van der Waals surface area (Å²) in [5.74, 6) is 0.